The summed E-state index contributed by atoms with van der Waals surface area (Å²) in [7, 11) is 2.17. The van der Waals surface area contributed by atoms with Gasteiger partial charge in [0.05, 0.1) is 11.7 Å². The standard InChI is InChI=1S/C14H20N6.CH2O2/c1-12(19-9-7-18(2)8-10-19)14-16-11-17-20(14)13-3-5-15-6-4-13;2-1-3/h3-6,11-12H,7-10H2,1-2H3;1H,(H,2,3). The van der Waals surface area contributed by atoms with Gasteiger partial charge in [0.25, 0.3) is 6.47 Å². The van der Waals surface area contributed by atoms with Crippen LogP contribution in [0.3, 0.4) is 0 Å². The summed E-state index contributed by atoms with van der Waals surface area (Å²) in [6.07, 6.45) is 5.19. The van der Waals surface area contributed by atoms with Crippen molar-refractivity contribution in [2.45, 2.75) is 13.0 Å². The first-order valence-corrected chi connectivity index (χ1v) is 7.48. The molecular weight excluding hydrogens is 296 g/mol. The summed E-state index contributed by atoms with van der Waals surface area (Å²) in [6.45, 7) is 6.30. The van der Waals surface area contributed by atoms with Gasteiger partial charge in [-0.2, -0.15) is 5.10 Å². The van der Waals surface area contributed by atoms with E-state index in [0.717, 1.165) is 37.7 Å². The first-order chi connectivity index (χ1) is 11.2. The fourth-order valence-corrected chi connectivity index (χ4v) is 2.59. The number of carbonyl (C=O) groups is 1. The average molecular weight is 318 g/mol. The first kappa shape index (κ1) is 17.0. The lowest BCUT2D eigenvalue weighted by Crippen LogP contribution is -2.45. The van der Waals surface area contributed by atoms with Crippen LogP contribution in [0.1, 0.15) is 18.8 Å². The van der Waals surface area contributed by atoms with E-state index in [-0.39, 0.29) is 12.5 Å². The molecule has 0 amide bonds. The number of pyridine rings is 1. The summed E-state index contributed by atoms with van der Waals surface area (Å²) in [5.74, 6) is 0.987. The monoisotopic (exact) mass is 318 g/mol. The van der Waals surface area contributed by atoms with Gasteiger partial charge in [-0.25, -0.2) is 9.67 Å². The van der Waals surface area contributed by atoms with Gasteiger partial charge >= 0.3 is 0 Å². The molecule has 8 heteroatoms. The van der Waals surface area contributed by atoms with Crippen LogP contribution in [0.15, 0.2) is 30.9 Å². The Morgan fingerprint density at radius 2 is 1.83 bits per heavy atom. The van der Waals surface area contributed by atoms with Crippen LogP contribution in [0, 0.1) is 0 Å². The highest BCUT2D eigenvalue weighted by Crippen LogP contribution is 2.21. The van der Waals surface area contributed by atoms with Crippen LogP contribution in [0.4, 0.5) is 0 Å². The number of aromatic nitrogens is 4. The number of hydrogen-bond donors (Lipinski definition) is 1. The molecule has 2 aromatic heterocycles. The molecule has 124 valence electrons. The third-order valence-electron chi connectivity index (χ3n) is 3.94. The van der Waals surface area contributed by atoms with Gasteiger partial charge in [-0.15, -0.1) is 0 Å². The van der Waals surface area contributed by atoms with Crippen molar-refractivity contribution < 1.29 is 9.90 Å². The van der Waals surface area contributed by atoms with Crippen molar-refractivity contribution in [3.63, 3.8) is 0 Å². The average Bonchev–Trinajstić information content (AvgIpc) is 3.06. The number of hydrogen-bond acceptors (Lipinski definition) is 6. The van der Waals surface area contributed by atoms with Gasteiger partial charge in [0, 0.05) is 38.6 Å². The lowest BCUT2D eigenvalue weighted by molar-refractivity contribution is -0.122. The summed E-state index contributed by atoms with van der Waals surface area (Å²) in [5.41, 5.74) is 1.01. The van der Waals surface area contributed by atoms with Crippen LogP contribution >= 0.6 is 0 Å². The minimum Gasteiger partial charge on any atom is -0.483 e. The van der Waals surface area contributed by atoms with Gasteiger partial charge in [-0.1, -0.05) is 0 Å². The SMILES string of the molecule is CC(c1ncnn1-c1ccncc1)N1CCN(C)CC1.O=CO. The zero-order valence-corrected chi connectivity index (χ0v) is 13.4. The van der Waals surface area contributed by atoms with E-state index < -0.39 is 0 Å². The van der Waals surface area contributed by atoms with E-state index in [1.807, 2.05) is 16.8 Å². The van der Waals surface area contributed by atoms with Gasteiger partial charge in [-0.3, -0.25) is 14.7 Å². The second kappa shape index (κ2) is 8.35. The first-order valence-electron chi connectivity index (χ1n) is 7.48. The Hall–Kier alpha value is -2.32. The van der Waals surface area contributed by atoms with Crippen molar-refractivity contribution in [3.05, 3.63) is 36.7 Å². The molecule has 1 atom stereocenters. The van der Waals surface area contributed by atoms with Crippen LogP contribution < -0.4 is 0 Å². The van der Waals surface area contributed by atoms with Crippen LogP contribution in [0.5, 0.6) is 0 Å². The maximum absolute atomic E-state index is 8.36. The van der Waals surface area contributed by atoms with Crippen LogP contribution in [0.25, 0.3) is 5.69 Å². The fraction of sp³-hybridized carbons (Fsp3) is 0.467. The number of piperazine rings is 1. The predicted molar refractivity (Wildman–Crippen MR) is 85.3 cm³/mol. The van der Waals surface area contributed by atoms with E-state index in [2.05, 4.69) is 38.8 Å². The molecule has 3 rings (SSSR count). The second-order valence-electron chi connectivity index (χ2n) is 5.36. The van der Waals surface area contributed by atoms with E-state index in [1.165, 1.54) is 0 Å². The zero-order chi connectivity index (χ0) is 16.7. The molecule has 1 saturated heterocycles. The van der Waals surface area contributed by atoms with E-state index in [4.69, 9.17) is 9.90 Å². The number of nitrogens with zero attached hydrogens (tertiary/aromatic N) is 6. The van der Waals surface area contributed by atoms with Crippen molar-refractivity contribution in [2.24, 2.45) is 0 Å². The molecule has 2 aromatic rings. The van der Waals surface area contributed by atoms with Crippen LogP contribution in [-0.4, -0.2) is 74.4 Å². The van der Waals surface area contributed by atoms with E-state index in [0.29, 0.717) is 0 Å². The molecule has 1 N–H and O–H groups in total. The van der Waals surface area contributed by atoms with Crippen molar-refractivity contribution in [2.75, 3.05) is 33.2 Å². The summed E-state index contributed by atoms with van der Waals surface area (Å²) < 4.78 is 1.91. The number of rotatable bonds is 3. The van der Waals surface area contributed by atoms with Crippen molar-refractivity contribution in [3.8, 4) is 5.69 Å². The smallest absolute Gasteiger partial charge is 0.290 e. The van der Waals surface area contributed by atoms with Crippen LogP contribution in [-0.2, 0) is 4.79 Å². The highest BCUT2D eigenvalue weighted by molar-refractivity contribution is 5.32. The van der Waals surface area contributed by atoms with Crippen LogP contribution in [0.2, 0.25) is 0 Å². The highest BCUT2D eigenvalue weighted by atomic mass is 16.3. The minimum atomic E-state index is -0.250. The molecule has 0 saturated carbocycles. The summed E-state index contributed by atoms with van der Waals surface area (Å²) >= 11 is 0. The molecule has 8 nitrogen and oxygen atoms in total. The molecule has 1 aliphatic rings. The third kappa shape index (κ3) is 4.33. The molecule has 3 heterocycles. The molecule has 1 unspecified atom stereocenters. The molecule has 0 spiro atoms. The molecule has 1 aliphatic heterocycles. The van der Waals surface area contributed by atoms with Crippen molar-refractivity contribution in [1.29, 1.82) is 0 Å². The Bertz CT molecular complexity index is 595. The molecule has 0 radical (unpaired) electrons. The predicted octanol–water partition coefficient (Wildman–Crippen LogP) is 0.671. The topological polar surface area (TPSA) is 87.4 Å². The van der Waals surface area contributed by atoms with Gasteiger partial charge in [0.15, 0.2) is 0 Å². The molecule has 0 bridgehead atoms. The molecule has 0 aromatic carbocycles. The van der Waals surface area contributed by atoms with Crippen molar-refractivity contribution >= 4 is 6.47 Å². The Kier molecular flexibility index (Phi) is 6.19. The normalized spacial score (nSPS) is 17.1. The fourth-order valence-electron chi connectivity index (χ4n) is 2.59. The maximum atomic E-state index is 8.36. The van der Waals surface area contributed by atoms with Gasteiger partial charge in [0.2, 0.25) is 0 Å². The minimum absolute atomic E-state index is 0.250. The molecule has 23 heavy (non-hydrogen) atoms. The Balaban J connectivity index is 0.000000595. The van der Waals surface area contributed by atoms with E-state index in [1.54, 1.807) is 18.7 Å². The number of carboxylic acid groups (broad SMARTS) is 1. The van der Waals surface area contributed by atoms with Gasteiger partial charge in [-0.05, 0) is 26.1 Å². The molecular formula is C15H22N6O2. The Morgan fingerprint density at radius 3 is 2.43 bits per heavy atom. The summed E-state index contributed by atoms with van der Waals surface area (Å²) in [4.78, 5) is 21.7. The van der Waals surface area contributed by atoms with Gasteiger partial charge < -0.3 is 10.0 Å². The molecule has 1 fully saturated rings. The number of likely N-dealkylation sites (N-methyl/N-ethyl adjacent to an activating group) is 1. The summed E-state index contributed by atoms with van der Waals surface area (Å²) in [6, 6.07) is 4.17. The lowest BCUT2D eigenvalue weighted by Gasteiger charge is -2.35. The van der Waals surface area contributed by atoms with Gasteiger partial charge in [0.1, 0.15) is 12.2 Å². The third-order valence-corrected chi connectivity index (χ3v) is 3.94. The second-order valence-corrected chi connectivity index (χ2v) is 5.36. The Labute approximate surface area is 135 Å². The summed E-state index contributed by atoms with van der Waals surface area (Å²) in [5, 5.41) is 11.2. The molecule has 0 aliphatic carbocycles. The van der Waals surface area contributed by atoms with E-state index >= 15 is 0 Å². The largest absolute Gasteiger partial charge is 0.483 e. The maximum Gasteiger partial charge on any atom is 0.290 e. The van der Waals surface area contributed by atoms with E-state index in [9.17, 15) is 0 Å². The van der Waals surface area contributed by atoms with Crippen molar-refractivity contribution in [1.82, 2.24) is 29.5 Å². The lowest BCUT2D eigenvalue weighted by atomic mass is 10.2. The Morgan fingerprint density at radius 1 is 1.22 bits per heavy atom. The quantitative estimate of drug-likeness (QED) is 0.832. The zero-order valence-electron chi connectivity index (χ0n) is 13.4. The highest BCUT2D eigenvalue weighted by Gasteiger charge is 2.24.